The van der Waals surface area contributed by atoms with Gasteiger partial charge in [0, 0.05) is 21.7 Å². The van der Waals surface area contributed by atoms with E-state index in [2.05, 4.69) is 15.9 Å². The van der Waals surface area contributed by atoms with E-state index in [4.69, 9.17) is 4.74 Å². The van der Waals surface area contributed by atoms with Crippen LogP contribution in [0.25, 0.3) is 6.08 Å². The van der Waals surface area contributed by atoms with Gasteiger partial charge in [-0.05, 0) is 30.3 Å². The first-order chi connectivity index (χ1) is 10.0. The average Bonchev–Trinajstić information content (AvgIpc) is 2.46. The number of ether oxygens (including phenoxy) is 1. The Bertz CT molecular complexity index is 743. The van der Waals surface area contributed by atoms with Crippen molar-refractivity contribution in [3.63, 3.8) is 0 Å². The number of nitrogens with zero attached hydrogens (tertiary/aromatic N) is 1. The SMILES string of the molecule is O=[N+]([O-])C1=Cc2cc(Br)ccc2OC1c1ccc(F)cc1. The molecule has 0 aliphatic carbocycles. The van der Waals surface area contributed by atoms with Crippen LogP contribution in [0.1, 0.15) is 17.2 Å². The molecule has 1 unspecified atom stereocenters. The highest BCUT2D eigenvalue weighted by Crippen LogP contribution is 2.38. The fraction of sp³-hybridized carbons (Fsp3) is 0.0667. The van der Waals surface area contributed by atoms with Crippen molar-refractivity contribution >= 4 is 22.0 Å². The largest absolute Gasteiger partial charge is 0.474 e. The Balaban J connectivity index is 2.08. The lowest BCUT2D eigenvalue weighted by Crippen LogP contribution is -2.19. The number of benzene rings is 2. The number of hydrogen-bond acceptors (Lipinski definition) is 3. The summed E-state index contributed by atoms with van der Waals surface area (Å²) >= 11 is 3.32. The van der Waals surface area contributed by atoms with Crippen molar-refractivity contribution in [2.75, 3.05) is 0 Å². The maximum Gasteiger partial charge on any atom is 0.291 e. The first kappa shape index (κ1) is 13.8. The van der Waals surface area contributed by atoms with E-state index in [-0.39, 0.29) is 5.70 Å². The molecule has 21 heavy (non-hydrogen) atoms. The van der Waals surface area contributed by atoms with Crippen molar-refractivity contribution in [1.82, 2.24) is 0 Å². The fourth-order valence-corrected chi connectivity index (χ4v) is 2.57. The lowest BCUT2D eigenvalue weighted by molar-refractivity contribution is -0.434. The van der Waals surface area contributed by atoms with Gasteiger partial charge in [0.1, 0.15) is 11.6 Å². The van der Waals surface area contributed by atoms with E-state index in [0.717, 1.165) is 4.47 Å². The van der Waals surface area contributed by atoms with Gasteiger partial charge < -0.3 is 4.74 Å². The molecular formula is C15H9BrFNO3. The van der Waals surface area contributed by atoms with Crippen LogP contribution in [0.2, 0.25) is 0 Å². The minimum atomic E-state index is -0.853. The predicted molar refractivity (Wildman–Crippen MR) is 78.9 cm³/mol. The molecule has 2 aromatic rings. The highest BCUT2D eigenvalue weighted by atomic mass is 79.9. The first-order valence-corrected chi connectivity index (χ1v) is 6.91. The number of hydrogen-bond donors (Lipinski definition) is 0. The zero-order chi connectivity index (χ0) is 15.0. The van der Waals surface area contributed by atoms with Crippen LogP contribution in [0.15, 0.2) is 52.6 Å². The topological polar surface area (TPSA) is 52.4 Å². The molecule has 106 valence electrons. The molecule has 1 heterocycles. The van der Waals surface area contributed by atoms with E-state index in [9.17, 15) is 14.5 Å². The van der Waals surface area contributed by atoms with E-state index in [1.165, 1.54) is 30.3 Å². The molecule has 0 N–H and O–H groups in total. The Kier molecular flexibility index (Phi) is 3.47. The van der Waals surface area contributed by atoms with E-state index in [0.29, 0.717) is 16.9 Å². The molecular weight excluding hydrogens is 341 g/mol. The standard InChI is InChI=1S/C15H9BrFNO3/c16-11-3-6-14-10(7-11)8-13(18(19)20)15(21-14)9-1-4-12(17)5-2-9/h1-8,15H. The Morgan fingerprint density at radius 3 is 2.57 bits per heavy atom. The molecule has 1 aliphatic rings. The van der Waals surface area contributed by atoms with Crippen LogP contribution in [0, 0.1) is 15.9 Å². The van der Waals surface area contributed by atoms with Crippen molar-refractivity contribution in [2.24, 2.45) is 0 Å². The summed E-state index contributed by atoms with van der Waals surface area (Å²) in [5.74, 6) is 0.156. The van der Waals surface area contributed by atoms with Gasteiger partial charge in [-0.1, -0.05) is 28.1 Å². The fourth-order valence-electron chi connectivity index (χ4n) is 2.19. The van der Waals surface area contributed by atoms with E-state index >= 15 is 0 Å². The Labute approximate surface area is 128 Å². The highest BCUT2D eigenvalue weighted by molar-refractivity contribution is 9.10. The summed E-state index contributed by atoms with van der Waals surface area (Å²) < 4.78 is 19.5. The molecule has 6 heteroatoms. The van der Waals surface area contributed by atoms with Crippen LogP contribution in [0.4, 0.5) is 4.39 Å². The number of rotatable bonds is 2. The van der Waals surface area contributed by atoms with Crippen molar-refractivity contribution in [3.05, 3.63) is 79.7 Å². The molecule has 0 radical (unpaired) electrons. The van der Waals surface area contributed by atoms with Gasteiger partial charge in [-0.3, -0.25) is 10.1 Å². The van der Waals surface area contributed by atoms with Crippen LogP contribution in [-0.2, 0) is 0 Å². The summed E-state index contributed by atoms with van der Waals surface area (Å²) in [4.78, 5) is 10.8. The van der Waals surface area contributed by atoms with Crippen LogP contribution >= 0.6 is 15.9 Å². The molecule has 0 fully saturated rings. The molecule has 0 saturated carbocycles. The molecule has 0 amide bonds. The van der Waals surface area contributed by atoms with Gasteiger partial charge in [0.05, 0.1) is 4.92 Å². The molecule has 0 saturated heterocycles. The molecule has 1 atom stereocenters. The van der Waals surface area contributed by atoms with Crippen molar-refractivity contribution < 1.29 is 14.1 Å². The number of fused-ring (bicyclic) bond motifs is 1. The van der Waals surface area contributed by atoms with Crippen LogP contribution in [-0.4, -0.2) is 4.92 Å². The van der Waals surface area contributed by atoms with Crippen LogP contribution in [0.3, 0.4) is 0 Å². The Hall–Kier alpha value is -2.21. The zero-order valence-electron chi connectivity index (χ0n) is 10.6. The minimum Gasteiger partial charge on any atom is -0.474 e. The van der Waals surface area contributed by atoms with Crippen molar-refractivity contribution in [2.45, 2.75) is 6.10 Å². The summed E-state index contributed by atoms with van der Waals surface area (Å²) in [6, 6.07) is 10.8. The maximum atomic E-state index is 13.0. The summed E-state index contributed by atoms with van der Waals surface area (Å²) in [6.07, 6.45) is 0.631. The molecule has 0 spiro atoms. The summed E-state index contributed by atoms with van der Waals surface area (Å²) in [6.45, 7) is 0. The minimum absolute atomic E-state index is 0.0767. The Morgan fingerprint density at radius 1 is 1.19 bits per heavy atom. The van der Waals surface area contributed by atoms with Crippen molar-refractivity contribution in [3.8, 4) is 5.75 Å². The summed E-state index contributed by atoms with van der Waals surface area (Å²) in [5, 5.41) is 11.3. The van der Waals surface area contributed by atoms with Gasteiger partial charge in [0.25, 0.3) is 5.70 Å². The summed E-state index contributed by atoms with van der Waals surface area (Å²) in [5.41, 5.74) is 1.09. The molecule has 2 aromatic carbocycles. The van der Waals surface area contributed by atoms with E-state index in [1.807, 2.05) is 0 Å². The van der Waals surface area contributed by atoms with Gasteiger partial charge in [0.2, 0.25) is 6.10 Å². The second kappa shape index (κ2) is 5.29. The summed E-state index contributed by atoms with van der Waals surface area (Å²) in [7, 11) is 0. The maximum absolute atomic E-state index is 13.0. The predicted octanol–water partition coefficient (Wildman–Crippen LogP) is 4.34. The zero-order valence-corrected chi connectivity index (χ0v) is 12.2. The van der Waals surface area contributed by atoms with Gasteiger partial charge >= 0.3 is 0 Å². The van der Waals surface area contributed by atoms with Crippen LogP contribution in [0.5, 0.6) is 5.75 Å². The second-order valence-corrected chi connectivity index (χ2v) is 5.47. The number of halogens is 2. The average molecular weight is 350 g/mol. The van der Waals surface area contributed by atoms with Gasteiger partial charge in [-0.25, -0.2) is 4.39 Å². The molecule has 0 aromatic heterocycles. The third-order valence-electron chi connectivity index (χ3n) is 3.17. The normalized spacial score (nSPS) is 16.7. The lowest BCUT2D eigenvalue weighted by Gasteiger charge is -2.22. The highest BCUT2D eigenvalue weighted by Gasteiger charge is 2.33. The first-order valence-electron chi connectivity index (χ1n) is 6.12. The van der Waals surface area contributed by atoms with Crippen LogP contribution < -0.4 is 4.74 Å². The third-order valence-corrected chi connectivity index (χ3v) is 3.67. The smallest absolute Gasteiger partial charge is 0.291 e. The number of nitro groups is 1. The van der Waals surface area contributed by atoms with Gasteiger partial charge in [-0.2, -0.15) is 0 Å². The Morgan fingerprint density at radius 2 is 1.90 bits per heavy atom. The third kappa shape index (κ3) is 2.67. The van der Waals surface area contributed by atoms with Gasteiger partial charge in [-0.15, -0.1) is 0 Å². The molecule has 3 rings (SSSR count). The molecule has 4 nitrogen and oxygen atoms in total. The van der Waals surface area contributed by atoms with Gasteiger partial charge in [0.15, 0.2) is 0 Å². The van der Waals surface area contributed by atoms with Crippen molar-refractivity contribution in [1.29, 1.82) is 0 Å². The van der Waals surface area contributed by atoms with E-state index in [1.54, 1.807) is 18.2 Å². The molecule has 0 bridgehead atoms. The lowest BCUT2D eigenvalue weighted by atomic mass is 10.0. The quantitative estimate of drug-likeness (QED) is 0.598. The second-order valence-electron chi connectivity index (χ2n) is 4.56. The monoisotopic (exact) mass is 349 g/mol. The van der Waals surface area contributed by atoms with E-state index < -0.39 is 16.8 Å². The molecule has 1 aliphatic heterocycles.